The van der Waals surface area contributed by atoms with Gasteiger partial charge in [0.25, 0.3) is 5.91 Å². The molecule has 27 heavy (non-hydrogen) atoms. The Morgan fingerprint density at radius 1 is 1.15 bits per heavy atom. The van der Waals surface area contributed by atoms with Crippen LogP contribution < -0.4 is 10.1 Å². The SMILES string of the molecule is Cc1cccc(CC(CNC(=O)COc2c(C)cc(C)cc2Br)C(=O)O)c1. The second kappa shape index (κ2) is 9.55. The number of rotatable bonds is 8. The quantitative estimate of drug-likeness (QED) is 0.663. The van der Waals surface area contributed by atoms with E-state index in [0.717, 1.165) is 26.7 Å². The second-order valence-corrected chi connectivity index (χ2v) is 7.57. The molecule has 0 saturated heterocycles. The van der Waals surface area contributed by atoms with Gasteiger partial charge in [0.15, 0.2) is 6.61 Å². The van der Waals surface area contributed by atoms with Gasteiger partial charge in [0.1, 0.15) is 5.75 Å². The highest BCUT2D eigenvalue weighted by molar-refractivity contribution is 9.10. The summed E-state index contributed by atoms with van der Waals surface area (Å²) in [6.07, 6.45) is 0.362. The molecule has 0 aliphatic carbocycles. The molecule has 1 amide bonds. The van der Waals surface area contributed by atoms with Crippen molar-refractivity contribution in [1.82, 2.24) is 5.32 Å². The number of hydrogen-bond acceptors (Lipinski definition) is 3. The number of amides is 1. The smallest absolute Gasteiger partial charge is 0.308 e. The molecule has 0 aromatic heterocycles. The number of nitrogens with one attached hydrogen (secondary N) is 1. The van der Waals surface area contributed by atoms with Crippen molar-refractivity contribution in [2.24, 2.45) is 5.92 Å². The number of carboxylic acids is 1. The number of hydrogen-bond donors (Lipinski definition) is 2. The van der Waals surface area contributed by atoms with E-state index in [0.29, 0.717) is 12.2 Å². The number of halogens is 1. The minimum atomic E-state index is -0.935. The number of benzene rings is 2. The van der Waals surface area contributed by atoms with E-state index in [2.05, 4.69) is 21.2 Å². The Balaban J connectivity index is 1.90. The van der Waals surface area contributed by atoms with Crippen molar-refractivity contribution in [2.45, 2.75) is 27.2 Å². The highest BCUT2D eigenvalue weighted by Gasteiger charge is 2.19. The van der Waals surface area contributed by atoms with E-state index in [1.807, 2.05) is 57.2 Å². The topological polar surface area (TPSA) is 75.6 Å². The van der Waals surface area contributed by atoms with Gasteiger partial charge in [-0.1, -0.05) is 35.9 Å². The Morgan fingerprint density at radius 2 is 1.89 bits per heavy atom. The molecular formula is C21H24BrNO4. The summed E-state index contributed by atoms with van der Waals surface area (Å²) < 4.78 is 6.39. The fourth-order valence-corrected chi connectivity index (χ4v) is 3.67. The van der Waals surface area contributed by atoms with Gasteiger partial charge < -0.3 is 15.2 Å². The lowest BCUT2D eigenvalue weighted by atomic mass is 9.98. The number of carbonyl (C=O) groups is 2. The van der Waals surface area contributed by atoms with Crippen LogP contribution in [0.15, 0.2) is 40.9 Å². The zero-order valence-electron chi connectivity index (χ0n) is 15.7. The number of ether oxygens (including phenoxy) is 1. The average molecular weight is 434 g/mol. The van der Waals surface area contributed by atoms with Crippen molar-refractivity contribution in [3.05, 3.63) is 63.1 Å². The van der Waals surface area contributed by atoms with Gasteiger partial charge >= 0.3 is 5.97 Å². The molecule has 2 N–H and O–H groups in total. The minimum absolute atomic E-state index is 0.0551. The Bertz CT molecular complexity index is 812. The van der Waals surface area contributed by atoms with Gasteiger partial charge in [0, 0.05) is 6.54 Å². The Kier molecular flexibility index (Phi) is 7.42. The van der Waals surface area contributed by atoms with Crippen LogP contribution in [0.25, 0.3) is 0 Å². The van der Waals surface area contributed by atoms with Crippen LogP contribution in [0.4, 0.5) is 0 Å². The average Bonchev–Trinajstić information content (AvgIpc) is 2.57. The Morgan fingerprint density at radius 3 is 2.52 bits per heavy atom. The van der Waals surface area contributed by atoms with Crippen LogP contribution in [0.3, 0.4) is 0 Å². The number of aliphatic carboxylic acids is 1. The zero-order valence-corrected chi connectivity index (χ0v) is 17.3. The van der Waals surface area contributed by atoms with Crippen LogP contribution in [0, 0.1) is 26.7 Å². The van der Waals surface area contributed by atoms with Gasteiger partial charge in [-0.2, -0.15) is 0 Å². The van der Waals surface area contributed by atoms with Crippen molar-refractivity contribution in [2.75, 3.05) is 13.2 Å². The molecule has 0 fully saturated rings. The molecule has 2 aromatic carbocycles. The number of carboxylic acid groups (broad SMARTS) is 1. The van der Waals surface area contributed by atoms with Crippen LogP contribution in [-0.4, -0.2) is 30.1 Å². The monoisotopic (exact) mass is 433 g/mol. The highest BCUT2D eigenvalue weighted by Crippen LogP contribution is 2.30. The molecule has 5 nitrogen and oxygen atoms in total. The number of aryl methyl sites for hydroxylation is 3. The van der Waals surface area contributed by atoms with Gasteiger partial charge in [0.2, 0.25) is 0 Å². The maximum Gasteiger partial charge on any atom is 0.308 e. The molecule has 0 aliphatic heterocycles. The summed E-state index contributed by atoms with van der Waals surface area (Å²) in [4.78, 5) is 23.6. The van der Waals surface area contributed by atoms with Crippen molar-refractivity contribution < 1.29 is 19.4 Å². The van der Waals surface area contributed by atoms with Gasteiger partial charge in [0.05, 0.1) is 10.4 Å². The third kappa shape index (κ3) is 6.40. The van der Waals surface area contributed by atoms with E-state index in [-0.39, 0.29) is 19.1 Å². The molecule has 2 rings (SSSR count). The summed E-state index contributed by atoms with van der Waals surface area (Å²) in [6.45, 7) is 5.74. The van der Waals surface area contributed by atoms with E-state index >= 15 is 0 Å². The summed E-state index contributed by atoms with van der Waals surface area (Å²) in [7, 11) is 0. The molecule has 0 spiro atoms. The largest absolute Gasteiger partial charge is 0.482 e. The zero-order chi connectivity index (χ0) is 20.0. The van der Waals surface area contributed by atoms with E-state index in [9.17, 15) is 14.7 Å². The third-order valence-electron chi connectivity index (χ3n) is 4.18. The lowest BCUT2D eigenvalue weighted by Gasteiger charge is -2.15. The van der Waals surface area contributed by atoms with E-state index in [1.165, 1.54) is 0 Å². The molecule has 0 heterocycles. The first-order valence-corrected chi connectivity index (χ1v) is 9.50. The van der Waals surface area contributed by atoms with Crippen LogP contribution >= 0.6 is 15.9 Å². The molecule has 1 unspecified atom stereocenters. The first-order chi connectivity index (χ1) is 12.8. The molecule has 1 atom stereocenters. The van der Waals surface area contributed by atoms with Crippen molar-refractivity contribution in [1.29, 1.82) is 0 Å². The van der Waals surface area contributed by atoms with Crippen LogP contribution in [-0.2, 0) is 16.0 Å². The maximum atomic E-state index is 12.1. The molecule has 0 aliphatic rings. The van der Waals surface area contributed by atoms with Gasteiger partial charge in [-0.05, 0) is 65.9 Å². The molecular weight excluding hydrogens is 410 g/mol. The van der Waals surface area contributed by atoms with Gasteiger partial charge in [-0.3, -0.25) is 9.59 Å². The standard InChI is InChI=1S/C21H24BrNO4/c1-13-5-4-6-16(8-13)10-17(21(25)26)11-23-19(24)12-27-20-15(3)7-14(2)9-18(20)22/h4-9,17H,10-12H2,1-3H3,(H,23,24)(H,25,26). The molecule has 144 valence electrons. The van der Waals surface area contributed by atoms with E-state index in [4.69, 9.17) is 4.74 Å². The van der Waals surface area contributed by atoms with Crippen LogP contribution in [0.1, 0.15) is 22.3 Å². The van der Waals surface area contributed by atoms with E-state index < -0.39 is 11.9 Å². The second-order valence-electron chi connectivity index (χ2n) is 6.71. The fraction of sp³-hybridized carbons (Fsp3) is 0.333. The summed E-state index contributed by atoms with van der Waals surface area (Å²) in [5.74, 6) is -1.36. The summed E-state index contributed by atoms with van der Waals surface area (Å²) in [5, 5.41) is 12.1. The third-order valence-corrected chi connectivity index (χ3v) is 4.77. The molecule has 0 radical (unpaired) electrons. The minimum Gasteiger partial charge on any atom is -0.482 e. The normalized spacial score (nSPS) is 11.7. The van der Waals surface area contributed by atoms with Crippen molar-refractivity contribution >= 4 is 27.8 Å². The first-order valence-electron chi connectivity index (χ1n) is 8.71. The lowest BCUT2D eigenvalue weighted by Crippen LogP contribution is -2.36. The predicted molar refractivity (Wildman–Crippen MR) is 108 cm³/mol. The summed E-state index contributed by atoms with van der Waals surface area (Å²) in [6, 6.07) is 11.6. The molecule has 0 saturated carbocycles. The summed E-state index contributed by atoms with van der Waals surface area (Å²) >= 11 is 3.44. The maximum absolute atomic E-state index is 12.1. The summed E-state index contributed by atoms with van der Waals surface area (Å²) in [5.41, 5.74) is 4.04. The lowest BCUT2D eigenvalue weighted by molar-refractivity contribution is -0.141. The predicted octanol–water partition coefficient (Wildman–Crippen LogP) is 3.81. The van der Waals surface area contributed by atoms with Crippen molar-refractivity contribution in [3.8, 4) is 5.75 Å². The highest BCUT2D eigenvalue weighted by atomic mass is 79.9. The Labute approximate surface area is 167 Å². The molecule has 6 heteroatoms. The van der Waals surface area contributed by atoms with Gasteiger partial charge in [-0.15, -0.1) is 0 Å². The van der Waals surface area contributed by atoms with Crippen LogP contribution in [0.5, 0.6) is 5.75 Å². The number of carbonyl (C=O) groups excluding carboxylic acids is 1. The first kappa shape index (κ1) is 21.0. The van der Waals surface area contributed by atoms with Crippen molar-refractivity contribution in [3.63, 3.8) is 0 Å². The molecule has 2 aromatic rings. The Hall–Kier alpha value is -2.34. The fourth-order valence-electron chi connectivity index (χ4n) is 2.88. The van der Waals surface area contributed by atoms with Crippen LogP contribution in [0.2, 0.25) is 0 Å². The van der Waals surface area contributed by atoms with Gasteiger partial charge in [-0.25, -0.2) is 0 Å². The molecule has 0 bridgehead atoms. The van der Waals surface area contributed by atoms with E-state index in [1.54, 1.807) is 0 Å².